The van der Waals surface area contributed by atoms with Crippen LogP contribution in [0.25, 0.3) is 0 Å². The first-order valence-electron chi connectivity index (χ1n) is 8.42. The predicted octanol–water partition coefficient (Wildman–Crippen LogP) is 4.43. The maximum absolute atomic E-state index is 9.21. The molecule has 0 bridgehead atoms. The van der Waals surface area contributed by atoms with Crippen LogP contribution in [0.15, 0.2) is 0 Å². The zero-order chi connectivity index (χ0) is 15.1. The first-order chi connectivity index (χ1) is 9.68. The molecule has 0 aromatic heterocycles. The molecule has 3 nitrogen and oxygen atoms in total. The Bertz CT molecular complexity index is 250. The third kappa shape index (κ3) is 11.3. The minimum absolute atomic E-state index is 0.365. The van der Waals surface area contributed by atoms with Crippen LogP contribution < -0.4 is 5.32 Å². The number of nitriles is 1. The lowest BCUT2D eigenvalue weighted by atomic mass is 9.96. The molecule has 0 heterocycles. The van der Waals surface area contributed by atoms with E-state index in [2.05, 4.69) is 25.2 Å². The van der Waals surface area contributed by atoms with Gasteiger partial charge in [0.1, 0.15) is 5.54 Å². The van der Waals surface area contributed by atoms with Gasteiger partial charge in [0.2, 0.25) is 0 Å². The molecular formula is C17H34N2O. The number of hydrogen-bond donors (Lipinski definition) is 1. The number of rotatable bonds is 14. The molecule has 0 saturated carbocycles. The van der Waals surface area contributed by atoms with Crippen molar-refractivity contribution < 1.29 is 4.74 Å². The van der Waals surface area contributed by atoms with E-state index in [9.17, 15) is 5.26 Å². The maximum atomic E-state index is 9.21. The highest BCUT2D eigenvalue weighted by atomic mass is 16.5. The van der Waals surface area contributed by atoms with Gasteiger partial charge in [-0.25, -0.2) is 0 Å². The summed E-state index contributed by atoms with van der Waals surface area (Å²) in [5.74, 6) is 0. The zero-order valence-corrected chi connectivity index (χ0v) is 13.8. The fourth-order valence-corrected chi connectivity index (χ4v) is 2.18. The molecule has 0 aliphatic carbocycles. The average molecular weight is 282 g/mol. The Hall–Kier alpha value is -0.590. The summed E-state index contributed by atoms with van der Waals surface area (Å²) in [6, 6.07) is 2.39. The van der Waals surface area contributed by atoms with Crippen LogP contribution in [-0.4, -0.2) is 25.3 Å². The predicted molar refractivity (Wildman–Crippen MR) is 85.7 cm³/mol. The van der Waals surface area contributed by atoms with Gasteiger partial charge in [0, 0.05) is 13.2 Å². The van der Waals surface area contributed by atoms with Gasteiger partial charge in [-0.2, -0.15) is 5.26 Å². The highest BCUT2D eigenvalue weighted by Crippen LogP contribution is 2.13. The second kappa shape index (κ2) is 13.4. The zero-order valence-electron chi connectivity index (χ0n) is 13.8. The van der Waals surface area contributed by atoms with Crippen molar-refractivity contribution in [1.82, 2.24) is 5.32 Å². The summed E-state index contributed by atoms with van der Waals surface area (Å²) >= 11 is 0. The Morgan fingerprint density at radius 2 is 1.60 bits per heavy atom. The first kappa shape index (κ1) is 19.4. The molecule has 0 radical (unpaired) electrons. The van der Waals surface area contributed by atoms with Gasteiger partial charge in [-0.05, 0) is 45.6 Å². The van der Waals surface area contributed by atoms with E-state index in [-0.39, 0.29) is 5.54 Å². The van der Waals surface area contributed by atoms with Crippen molar-refractivity contribution in [3.05, 3.63) is 0 Å². The minimum Gasteiger partial charge on any atom is -0.381 e. The summed E-state index contributed by atoms with van der Waals surface area (Å²) in [5, 5.41) is 12.5. The third-order valence-corrected chi connectivity index (χ3v) is 3.62. The van der Waals surface area contributed by atoms with E-state index in [1.807, 2.05) is 6.92 Å². The van der Waals surface area contributed by atoms with Crippen molar-refractivity contribution in [2.24, 2.45) is 0 Å². The van der Waals surface area contributed by atoms with Crippen LogP contribution in [0, 0.1) is 11.3 Å². The van der Waals surface area contributed by atoms with Crippen LogP contribution in [0.1, 0.15) is 78.6 Å². The van der Waals surface area contributed by atoms with Gasteiger partial charge in [-0.3, -0.25) is 5.32 Å². The quantitative estimate of drug-likeness (QED) is 0.479. The van der Waals surface area contributed by atoms with Gasteiger partial charge in [0.25, 0.3) is 0 Å². The molecule has 0 aliphatic heterocycles. The second-order valence-electron chi connectivity index (χ2n) is 5.85. The monoisotopic (exact) mass is 282 g/mol. The Labute approximate surface area is 126 Å². The van der Waals surface area contributed by atoms with Gasteiger partial charge in [0.15, 0.2) is 0 Å². The van der Waals surface area contributed by atoms with Crippen LogP contribution in [-0.2, 0) is 4.74 Å². The number of nitrogens with zero attached hydrogens (tertiary/aromatic N) is 1. The van der Waals surface area contributed by atoms with E-state index in [1.54, 1.807) is 0 Å². The molecule has 0 aliphatic rings. The summed E-state index contributed by atoms with van der Waals surface area (Å²) < 4.78 is 5.64. The highest BCUT2D eigenvalue weighted by molar-refractivity contribution is 5.03. The molecule has 0 amide bonds. The Morgan fingerprint density at radius 1 is 0.950 bits per heavy atom. The van der Waals surface area contributed by atoms with E-state index in [0.717, 1.165) is 45.4 Å². The van der Waals surface area contributed by atoms with Crippen molar-refractivity contribution in [3.8, 4) is 6.07 Å². The molecule has 1 N–H and O–H groups in total. The van der Waals surface area contributed by atoms with Crippen LogP contribution in [0.5, 0.6) is 0 Å². The summed E-state index contributed by atoms with van der Waals surface area (Å²) in [6.45, 7) is 9.01. The van der Waals surface area contributed by atoms with E-state index in [4.69, 9.17) is 4.74 Å². The van der Waals surface area contributed by atoms with Crippen LogP contribution in [0.4, 0.5) is 0 Å². The van der Waals surface area contributed by atoms with Crippen molar-refractivity contribution in [3.63, 3.8) is 0 Å². The van der Waals surface area contributed by atoms with E-state index >= 15 is 0 Å². The average Bonchev–Trinajstić information content (AvgIpc) is 2.47. The molecule has 1 unspecified atom stereocenters. The fourth-order valence-electron chi connectivity index (χ4n) is 2.18. The van der Waals surface area contributed by atoms with Gasteiger partial charge >= 0.3 is 0 Å². The Kier molecular flexibility index (Phi) is 13.0. The van der Waals surface area contributed by atoms with Crippen molar-refractivity contribution in [1.29, 1.82) is 5.26 Å². The van der Waals surface area contributed by atoms with Gasteiger partial charge < -0.3 is 4.74 Å². The standard InChI is InChI=1S/C17H34N2O/c1-4-6-7-8-10-14-20-15-11-9-12-17(3,16-18)19-13-5-2/h19H,4-15H2,1-3H3. The topological polar surface area (TPSA) is 45.0 Å². The van der Waals surface area contributed by atoms with E-state index in [0.29, 0.717) is 0 Å². The molecule has 0 rings (SSSR count). The molecule has 0 spiro atoms. The van der Waals surface area contributed by atoms with E-state index in [1.165, 1.54) is 32.1 Å². The SMILES string of the molecule is CCCCCCCOCCCCC(C)(C#N)NCCC. The highest BCUT2D eigenvalue weighted by Gasteiger charge is 2.21. The molecule has 0 fully saturated rings. The number of ether oxygens (including phenoxy) is 1. The second-order valence-corrected chi connectivity index (χ2v) is 5.85. The van der Waals surface area contributed by atoms with E-state index < -0.39 is 0 Å². The molecule has 20 heavy (non-hydrogen) atoms. The van der Waals surface area contributed by atoms with Gasteiger partial charge in [0.05, 0.1) is 6.07 Å². The van der Waals surface area contributed by atoms with Crippen LogP contribution in [0.3, 0.4) is 0 Å². The number of hydrogen-bond acceptors (Lipinski definition) is 3. The molecule has 0 saturated heterocycles. The van der Waals surface area contributed by atoms with Gasteiger partial charge in [-0.15, -0.1) is 0 Å². The molecule has 3 heteroatoms. The summed E-state index contributed by atoms with van der Waals surface area (Å²) in [7, 11) is 0. The lowest BCUT2D eigenvalue weighted by molar-refractivity contribution is 0.124. The Morgan fingerprint density at radius 3 is 2.20 bits per heavy atom. The minimum atomic E-state index is -0.365. The smallest absolute Gasteiger partial charge is 0.103 e. The summed E-state index contributed by atoms with van der Waals surface area (Å²) in [6.07, 6.45) is 10.5. The fraction of sp³-hybridized carbons (Fsp3) is 0.941. The van der Waals surface area contributed by atoms with Crippen molar-refractivity contribution >= 4 is 0 Å². The lowest BCUT2D eigenvalue weighted by Crippen LogP contribution is -2.41. The molecule has 1 atom stereocenters. The van der Waals surface area contributed by atoms with Crippen LogP contribution in [0.2, 0.25) is 0 Å². The molecule has 0 aromatic carbocycles. The van der Waals surface area contributed by atoms with Crippen molar-refractivity contribution in [2.75, 3.05) is 19.8 Å². The normalized spacial score (nSPS) is 13.9. The number of unbranched alkanes of at least 4 members (excludes halogenated alkanes) is 5. The van der Waals surface area contributed by atoms with Crippen molar-refractivity contribution in [2.45, 2.75) is 84.1 Å². The largest absolute Gasteiger partial charge is 0.381 e. The summed E-state index contributed by atoms with van der Waals surface area (Å²) in [5.41, 5.74) is -0.365. The van der Waals surface area contributed by atoms with Crippen LogP contribution >= 0.6 is 0 Å². The lowest BCUT2D eigenvalue weighted by Gasteiger charge is -2.22. The maximum Gasteiger partial charge on any atom is 0.103 e. The molecule has 0 aromatic rings. The third-order valence-electron chi connectivity index (χ3n) is 3.62. The number of nitrogens with one attached hydrogen (secondary N) is 1. The Balaban J connectivity index is 3.40. The molecule has 118 valence electrons. The summed E-state index contributed by atoms with van der Waals surface area (Å²) in [4.78, 5) is 0. The molecular weight excluding hydrogens is 248 g/mol. The first-order valence-corrected chi connectivity index (χ1v) is 8.42. The van der Waals surface area contributed by atoms with Gasteiger partial charge in [-0.1, -0.05) is 39.5 Å².